The summed E-state index contributed by atoms with van der Waals surface area (Å²) < 4.78 is 44.6. The molecule has 0 bridgehead atoms. The van der Waals surface area contributed by atoms with Crippen LogP contribution in [-0.4, -0.2) is 21.0 Å². The Hall–Kier alpha value is -3.54. The second-order valence-electron chi connectivity index (χ2n) is 7.58. The number of carbonyl (C=O) groups is 2. The minimum absolute atomic E-state index is 0.0258. The molecule has 0 N–H and O–H groups in total. The van der Waals surface area contributed by atoms with Crippen molar-refractivity contribution in [2.24, 2.45) is 0 Å². The van der Waals surface area contributed by atoms with Crippen molar-refractivity contribution in [1.82, 2.24) is 4.90 Å². The van der Waals surface area contributed by atoms with E-state index in [9.17, 15) is 32.9 Å². The molecule has 37 heavy (non-hydrogen) atoms. The van der Waals surface area contributed by atoms with Crippen molar-refractivity contribution in [2.75, 3.05) is 0 Å². The molecule has 3 aromatic carbocycles. The van der Waals surface area contributed by atoms with Crippen LogP contribution in [0.15, 0.2) is 65.6 Å². The molecule has 1 aliphatic heterocycles. The lowest BCUT2D eigenvalue weighted by atomic mass is 10.1. The number of hydrogen-bond acceptors (Lipinski definition) is 6. The molecule has 0 saturated carbocycles. The normalized spacial score (nSPS) is 14.9. The number of imide groups is 1. The Labute approximate surface area is 221 Å². The molecule has 1 aliphatic rings. The van der Waals surface area contributed by atoms with E-state index in [1.165, 1.54) is 30.3 Å². The van der Waals surface area contributed by atoms with Gasteiger partial charge in [0, 0.05) is 21.7 Å². The number of rotatable bonds is 6. The number of nitro groups is 1. The molecule has 0 aliphatic carbocycles. The van der Waals surface area contributed by atoms with Gasteiger partial charge in [-0.25, -0.2) is 0 Å². The Morgan fingerprint density at radius 1 is 1.03 bits per heavy atom. The molecule has 0 spiro atoms. The molecule has 0 atom stereocenters. The molecule has 1 fully saturated rings. The molecule has 1 saturated heterocycles. The van der Waals surface area contributed by atoms with Crippen molar-refractivity contribution in [3.63, 3.8) is 0 Å². The average molecular weight is 569 g/mol. The first kappa shape index (κ1) is 26.5. The van der Waals surface area contributed by atoms with Crippen LogP contribution in [0.1, 0.15) is 16.7 Å². The van der Waals surface area contributed by atoms with Crippen molar-refractivity contribution in [3.05, 3.63) is 102 Å². The minimum Gasteiger partial charge on any atom is -0.449 e. The van der Waals surface area contributed by atoms with Crippen molar-refractivity contribution in [1.29, 1.82) is 0 Å². The van der Waals surface area contributed by atoms with Crippen LogP contribution >= 0.6 is 35.0 Å². The fourth-order valence-corrected chi connectivity index (χ4v) is 4.63. The van der Waals surface area contributed by atoms with E-state index in [0.717, 1.165) is 11.0 Å². The molecule has 0 radical (unpaired) electrons. The van der Waals surface area contributed by atoms with E-state index in [1.807, 2.05) is 0 Å². The van der Waals surface area contributed by atoms with E-state index in [0.29, 0.717) is 34.5 Å². The third-order valence-corrected chi connectivity index (χ3v) is 6.62. The molecule has 190 valence electrons. The zero-order chi connectivity index (χ0) is 26.9. The Bertz CT molecular complexity index is 1460. The second-order valence-corrected chi connectivity index (χ2v) is 9.42. The first-order valence-corrected chi connectivity index (χ1v) is 11.8. The predicted octanol–water partition coefficient (Wildman–Crippen LogP) is 7.95. The van der Waals surface area contributed by atoms with Gasteiger partial charge in [-0.15, -0.1) is 0 Å². The summed E-state index contributed by atoms with van der Waals surface area (Å²) in [7, 11) is 0. The van der Waals surface area contributed by atoms with Gasteiger partial charge in [0.15, 0.2) is 0 Å². The lowest BCUT2D eigenvalue weighted by Gasteiger charge is -2.14. The van der Waals surface area contributed by atoms with Gasteiger partial charge in [0.25, 0.3) is 11.1 Å². The van der Waals surface area contributed by atoms with Crippen LogP contribution in [0.3, 0.4) is 0 Å². The number of alkyl halides is 3. The lowest BCUT2D eigenvalue weighted by molar-refractivity contribution is -0.385. The molecule has 1 heterocycles. The number of carbonyl (C=O) groups excluding carboxylic acids is 2. The van der Waals surface area contributed by atoms with Crippen LogP contribution in [0.5, 0.6) is 11.5 Å². The summed E-state index contributed by atoms with van der Waals surface area (Å²) >= 11 is 12.7. The number of halogens is 5. The van der Waals surface area contributed by atoms with Gasteiger partial charge >= 0.3 is 11.9 Å². The molecule has 0 unspecified atom stereocenters. The summed E-state index contributed by atoms with van der Waals surface area (Å²) in [6, 6.07) is 12.6. The van der Waals surface area contributed by atoms with Gasteiger partial charge in [-0.3, -0.25) is 24.6 Å². The molecule has 4 rings (SSSR count). The number of nitro benzene ring substituents is 1. The number of para-hydroxylation sites is 1. The molecule has 0 aromatic heterocycles. The third-order valence-electron chi connectivity index (χ3n) is 5.13. The first-order valence-electron chi connectivity index (χ1n) is 10.3. The summed E-state index contributed by atoms with van der Waals surface area (Å²) in [6.45, 7) is -0.0894. The summed E-state index contributed by atoms with van der Waals surface area (Å²) in [5.41, 5.74) is -1.31. The first-order chi connectivity index (χ1) is 17.4. The Morgan fingerprint density at radius 2 is 1.76 bits per heavy atom. The number of hydrogen-bond donors (Lipinski definition) is 0. The largest absolute Gasteiger partial charge is 0.449 e. The van der Waals surface area contributed by atoms with Crippen LogP contribution in [-0.2, 0) is 17.5 Å². The highest BCUT2D eigenvalue weighted by Crippen LogP contribution is 2.40. The van der Waals surface area contributed by atoms with Crippen molar-refractivity contribution < 1.29 is 32.4 Å². The standard InChI is InChI=1S/C24H13Cl2F3N2O5S/c25-16-7-5-14(17(26)11-16)12-30-22(32)21(37-23(30)33)9-13-3-1-2-4-19(13)36-20-8-6-15(24(27,28)29)10-18(20)31(34)35/h1-11H,12H2/b21-9-. The van der Waals surface area contributed by atoms with Crippen molar-refractivity contribution >= 4 is 57.9 Å². The lowest BCUT2D eigenvalue weighted by Crippen LogP contribution is -2.27. The van der Waals surface area contributed by atoms with Crippen LogP contribution in [0.4, 0.5) is 23.7 Å². The highest BCUT2D eigenvalue weighted by Gasteiger charge is 2.36. The van der Waals surface area contributed by atoms with Gasteiger partial charge in [0.2, 0.25) is 5.75 Å². The average Bonchev–Trinajstić information content (AvgIpc) is 3.08. The minimum atomic E-state index is -4.78. The SMILES string of the molecule is O=C1S/C(=C\c2ccccc2Oc2ccc(C(F)(F)F)cc2[N+](=O)[O-])C(=O)N1Cc1ccc(Cl)cc1Cl. The Kier molecular flexibility index (Phi) is 7.49. The van der Waals surface area contributed by atoms with Crippen molar-refractivity contribution in [3.8, 4) is 11.5 Å². The molecular formula is C24H13Cl2F3N2O5S. The maximum absolute atomic E-state index is 13.0. The van der Waals surface area contributed by atoms with Gasteiger partial charge in [0.1, 0.15) is 5.75 Å². The number of benzene rings is 3. The third kappa shape index (κ3) is 5.90. The van der Waals surface area contributed by atoms with Gasteiger partial charge in [0.05, 0.1) is 21.9 Å². The van der Waals surface area contributed by atoms with Gasteiger partial charge in [-0.2, -0.15) is 13.2 Å². The molecule has 13 heteroatoms. The van der Waals surface area contributed by atoms with Crippen molar-refractivity contribution in [2.45, 2.75) is 12.7 Å². The summed E-state index contributed by atoms with van der Waals surface area (Å²) in [4.78, 5) is 37.0. The van der Waals surface area contributed by atoms with E-state index >= 15 is 0 Å². The molecule has 7 nitrogen and oxygen atoms in total. The Balaban J connectivity index is 1.62. The number of ether oxygens (including phenoxy) is 1. The number of thioether (sulfide) groups is 1. The molecule has 3 aromatic rings. The quantitative estimate of drug-likeness (QED) is 0.170. The second kappa shape index (κ2) is 10.4. The van der Waals surface area contributed by atoms with Gasteiger partial charge in [-0.05, 0) is 53.7 Å². The fourth-order valence-electron chi connectivity index (χ4n) is 3.33. The maximum Gasteiger partial charge on any atom is 0.416 e. The van der Waals surface area contributed by atoms with E-state index in [4.69, 9.17) is 27.9 Å². The van der Waals surface area contributed by atoms with Gasteiger partial charge < -0.3 is 4.74 Å². The maximum atomic E-state index is 13.0. The monoisotopic (exact) mass is 568 g/mol. The topological polar surface area (TPSA) is 89.7 Å². The zero-order valence-corrected chi connectivity index (χ0v) is 20.6. The number of amides is 2. The van der Waals surface area contributed by atoms with Gasteiger partial charge in [-0.1, -0.05) is 47.5 Å². The summed E-state index contributed by atoms with van der Waals surface area (Å²) in [5.74, 6) is -1.00. The summed E-state index contributed by atoms with van der Waals surface area (Å²) in [6.07, 6.45) is -3.42. The van der Waals surface area contributed by atoms with E-state index < -0.39 is 39.2 Å². The smallest absolute Gasteiger partial charge is 0.416 e. The zero-order valence-electron chi connectivity index (χ0n) is 18.3. The van der Waals surface area contributed by atoms with Crippen LogP contribution < -0.4 is 4.74 Å². The van der Waals surface area contributed by atoms with Crippen LogP contribution in [0.25, 0.3) is 6.08 Å². The molecular weight excluding hydrogens is 556 g/mol. The highest BCUT2D eigenvalue weighted by molar-refractivity contribution is 8.18. The molecule has 2 amide bonds. The number of nitrogens with zero attached hydrogens (tertiary/aromatic N) is 2. The Morgan fingerprint density at radius 3 is 2.43 bits per heavy atom. The van der Waals surface area contributed by atoms with E-state index in [-0.39, 0.29) is 27.8 Å². The predicted molar refractivity (Wildman–Crippen MR) is 133 cm³/mol. The summed E-state index contributed by atoms with van der Waals surface area (Å²) in [5, 5.41) is 11.5. The van der Waals surface area contributed by atoms with Crippen LogP contribution in [0, 0.1) is 10.1 Å². The highest BCUT2D eigenvalue weighted by atomic mass is 35.5. The van der Waals surface area contributed by atoms with E-state index in [1.54, 1.807) is 18.2 Å². The van der Waals surface area contributed by atoms with Crippen LogP contribution in [0.2, 0.25) is 10.0 Å². The van der Waals surface area contributed by atoms with E-state index in [2.05, 4.69) is 0 Å². The fraction of sp³-hybridized carbons (Fsp3) is 0.0833.